The van der Waals surface area contributed by atoms with Crippen molar-refractivity contribution in [2.45, 2.75) is 31.9 Å². The van der Waals surface area contributed by atoms with Crippen LogP contribution in [0.4, 0.5) is 5.69 Å². The van der Waals surface area contributed by atoms with E-state index in [0.717, 1.165) is 46.9 Å². The molecule has 9 heteroatoms. The highest BCUT2D eigenvalue weighted by molar-refractivity contribution is 7.18. The van der Waals surface area contributed by atoms with Gasteiger partial charge in [0.05, 0.1) is 24.2 Å². The summed E-state index contributed by atoms with van der Waals surface area (Å²) in [5.41, 5.74) is 1.70. The zero-order chi connectivity index (χ0) is 23.1. The lowest BCUT2D eigenvalue weighted by Gasteiger charge is -2.38. The van der Waals surface area contributed by atoms with Crippen LogP contribution >= 0.6 is 22.7 Å². The number of hydrogen-bond donors (Lipinski definition) is 1. The van der Waals surface area contributed by atoms with Crippen molar-refractivity contribution in [1.29, 1.82) is 0 Å². The maximum Gasteiger partial charge on any atom is 0.265 e. The summed E-state index contributed by atoms with van der Waals surface area (Å²) in [7, 11) is 0. The Balaban J connectivity index is 1.30. The average Bonchev–Trinajstić information content (AvgIpc) is 3.54. The molecule has 0 spiro atoms. The Hall–Kier alpha value is -3.17. The van der Waals surface area contributed by atoms with Crippen molar-refractivity contribution in [3.05, 3.63) is 63.3 Å². The van der Waals surface area contributed by atoms with E-state index in [2.05, 4.69) is 9.88 Å². The molecule has 1 fully saturated rings. The second-order valence-corrected chi connectivity index (χ2v) is 10.5. The van der Waals surface area contributed by atoms with Gasteiger partial charge in [0.25, 0.3) is 11.5 Å². The monoisotopic (exact) mass is 492 g/mol. The maximum absolute atomic E-state index is 13.2. The van der Waals surface area contributed by atoms with Gasteiger partial charge < -0.3 is 19.5 Å². The Bertz CT molecular complexity index is 1390. The van der Waals surface area contributed by atoms with Gasteiger partial charge in [0.2, 0.25) is 0 Å². The quantitative estimate of drug-likeness (QED) is 0.454. The minimum absolute atomic E-state index is 0.0370. The SMILES string of the molecule is O=C([C@@H]1CN(Cc2nc3scc(-c4cccs4)c3c(=O)[nH]2)c2ccccc2O1)N1CCCCC1. The van der Waals surface area contributed by atoms with E-state index >= 15 is 0 Å². The first-order valence-electron chi connectivity index (χ1n) is 11.5. The van der Waals surface area contributed by atoms with E-state index in [-0.39, 0.29) is 11.5 Å². The summed E-state index contributed by atoms with van der Waals surface area (Å²) in [5.74, 6) is 1.30. The van der Waals surface area contributed by atoms with Gasteiger partial charge in [0.1, 0.15) is 16.4 Å². The molecule has 0 bridgehead atoms. The number of carbonyl (C=O) groups is 1. The fourth-order valence-corrected chi connectivity index (χ4v) is 6.55. The van der Waals surface area contributed by atoms with Gasteiger partial charge in [-0.1, -0.05) is 18.2 Å². The third kappa shape index (κ3) is 3.88. The molecule has 174 valence electrons. The zero-order valence-electron chi connectivity index (χ0n) is 18.5. The van der Waals surface area contributed by atoms with E-state index in [0.29, 0.717) is 30.0 Å². The first-order chi connectivity index (χ1) is 16.7. The number of ether oxygens (including phenoxy) is 1. The van der Waals surface area contributed by atoms with Crippen LogP contribution in [0.2, 0.25) is 0 Å². The van der Waals surface area contributed by atoms with Crippen LogP contribution in [0, 0.1) is 0 Å². The molecule has 0 saturated carbocycles. The van der Waals surface area contributed by atoms with Gasteiger partial charge in [-0.15, -0.1) is 22.7 Å². The lowest BCUT2D eigenvalue weighted by Crippen LogP contribution is -2.51. The van der Waals surface area contributed by atoms with Crippen LogP contribution in [-0.2, 0) is 11.3 Å². The van der Waals surface area contributed by atoms with Gasteiger partial charge in [0.15, 0.2) is 6.10 Å². The van der Waals surface area contributed by atoms with E-state index in [1.807, 2.05) is 52.1 Å². The van der Waals surface area contributed by atoms with Crippen LogP contribution in [0.1, 0.15) is 25.1 Å². The summed E-state index contributed by atoms with van der Waals surface area (Å²) >= 11 is 3.10. The van der Waals surface area contributed by atoms with Crippen LogP contribution < -0.4 is 15.2 Å². The number of aromatic amines is 1. The number of fused-ring (bicyclic) bond motifs is 2. The van der Waals surface area contributed by atoms with Crippen LogP contribution in [-0.4, -0.2) is 46.5 Å². The Labute approximate surface area is 204 Å². The molecule has 5 heterocycles. The van der Waals surface area contributed by atoms with Crippen molar-refractivity contribution in [2.75, 3.05) is 24.5 Å². The Kier molecular flexibility index (Phi) is 5.58. The summed E-state index contributed by atoms with van der Waals surface area (Å²) < 4.78 is 6.13. The van der Waals surface area contributed by atoms with Crippen molar-refractivity contribution in [2.24, 2.45) is 0 Å². The number of amides is 1. The number of piperidine rings is 1. The lowest BCUT2D eigenvalue weighted by molar-refractivity contribution is -0.139. The third-order valence-corrected chi connectivity index (χ3v) is 8.20. The molecule has 7 nitrogen and oxygen atoms in total. The van der Waals surface area contributed by atoms with Gasteiger partial charge in [-0.2, -0.15) is 0 Å². The number of likely N-dealkylation sites (tertiary alicyclic amines) is 1. The minimum Gasteiger partial charge on any atom is -0.477 e. The van der Waals surface area contributed by atoms with Crippen LogP contribution in [0.25, 0.3) is 20.7 Å². The first-order valence-corrected chi connectivity index (χ1v) is 13.3. The third-order valence-electron chi connectivity index (χ3n) is 6.42. The van der Waals surface area contributed by atoms with Crippen LogP contribution in [0.5, 0.6) is 5.75 Å². The zero-order valence-corrected chi connectivity index (χ0v) is 20.2. The number of nitrogens with zero attached hydrogens (tertiary/aromatic N) is 3. The molecule has 1 aromatic carbocycles. The molecular weight excluding hydrogens is 468 g/mol. The number of benzene rings is 1. The van der Waals surface area contributed by atoms with E-state index in [4.69, 9.17) is 9.72 Å². The van der Waals surface area contributed by atoms with Crippen LogP contribution in [0.15, 0.2) is 52.0 Å². The number of H-pyrrole nitrogens is 1. The molecule has 0 aliphatic carbocycles. The minimum atomic E-state index is -0.573. The molecule has 1 saturated heterocycles. The first kappa shape index (κ1) is 21.4. The van der Waals surface area contributed by atoms with Gasteiger partial charge in [-0.3, -0.25) is 9.59 Å². The largest absolute Gasteiger partial charge is 0.477 e. The molecule has 1 N–H and O–H groups in total. The number of carbonyl (C=O) groups excluding carboxylic acids is 1. The summed E-state index contributed by atoms with van der Waals surface area (Å²) in [6, 6.07) is 11.7. The number of rotatable bonds is 4. The van der Waals surface area contributed by atoms with E-state index in [9.17, 15) is 9.59 Å². The predicted octanol–water partition coefficient (Wildman–Crippen LogP) is 4.49. The molecule has 0 unspecified atom stereocenters. The van der Waals surface area contributed by atoms with Crippen molar-refractivity contribution < 1.29 is 9.53 Å². The fraction of sp³-hybridized carbons (Fsp3) is 0.320. The highest BCUT2D eigenvalue weighted by Gasteiger charge is 2.34. The number of para-hydroxylation sites is 2. The standard InChI is InChI=1S/C25H24N4O3S2/c30-23-22-16(20-9-6-12-33-20)15-34-24(22)27-21(26-23)14-29-13-19(25(31)28-10-4-1-5-11-28)32-18-8-3-2-7-17(18)29/h2-3,6-9,12,15,19H,1,4-5,10-11,13-14H2,(H,26,27,30)/t19-/m0/s1. The molecule has 4 aromatic rings. The van der Waals surface area contributed by atoms with Gasteiger partial charge in [-0.25, -0.2) is 4.98 Å². The van der Waals surface area contributed by atoms with Gasteiger partial charge in [-0.05, 0) is 42.8 Å². The highest BCUT2D eigenvalue weighted by Crippen LogP contribution is 2.36. The molecular formula is C25H24N4O3S2. The molecule has 2 aliphatic rings. The number of thiophene rings is 2. The lowest BCUT2D eigenvalue weighted by atomic mass is 10.1. The van der Waals surface area contributed by atoms with Gasteiger partial charge >= 0.3 is 0 Å². The van der Waals surface area contributed by atoms with Crippen molar-refractivity contribution in [3.8, 4) is 16.2 Å². The smallest absolute Gasteiger partial charge is 0.265 e. The van der Waals surface area contributed by atoms with E-state index in [1.54, 1.807) is 11.3 Å². The van der Waals surface area contributed by atoms with Gasteiger partial charge in [0, 0.05) is 28.9 Å². The molecule has 34 heavy (non-hydrogen) atoms. The highest BCUT2D eigenvalue weighted by atomic mass is 32.1. The van der Waals surface area contributed by atoms with Crippen molar-refractivity contribution in [1.82, 2.24) is 14.9 Å². The summed E-state index contributed by atoms with van der Waals surface area (Å²) in [5, 5.41) is 4.64. The van der Waals surface area contributed by atoms with Crippen LogP contribution in [0.3, 0.4) is 0 Å². The second kappa shape index (κ2) is 8.88. The molecule has 6 rings (SSSR count). The molecule has 2 aliphatic heterocycles. The van der Waals surface area contributed by atoms with Crippen molar-refractivity contribution in [3.63, 3.8) is 0 Å². The molecule has 1 atom stereocenters. The number of anilines is 1. The average molecular weight is 493 g/mol. The summed E-state index contributed by atoms with van der Waals surface area (Å²) in [4.78, 5) is 39.8. The molecule has 1 amide bonds. The fourth-order valence-electron chi connectivity index (χ4n) is 4.77. The van der Waals surface area contributed by atoms with E-state index < -0.39 is 6.10 Å². The molecule has 3 aromatic heterocycles. The maximum atomic E-state index is 13.2. The molecule has 0 radical (unpaired) electrons. The van der Waals surface area contributed by atoms with Crippen molar-refractivity contribution >= 4 is 44.5 Å². The number of hydrogen-bond acceptors (Lipinski definition) is 7. The second-order valence-electron chi connectivity index (χ2n) is 8.66. The Morgan fingerprint density at radius 3 is 2.79 bits per heavy atom. The Morgan fingerprint density at radius 2 is 1.97 bits per heavy atom. The summed E-state index contributed by atoms with van der Waals surface area (Å²) in [6.45, 7) is 2.38. The number of nitrogens with one attached hydrogen (secondary N) is 1. The summed E-state index contributed by atoms with van der Waals surface area (Å²) in [6.07, 6.45) is 2.68. The normalized spacial score (nSPS) is 18.1. The number of aromatic nitrogens is 2. The topological polar surface area (TPSA) is 78.5 Å². The van der Waals surface area contributed by atoms with E-state index in [1.165, 1.54) is 17.8 Å². The predicted molar refractivity (Wildman–Crippen MR) is 136 cm³/mol. The Morgan fingerprint density at radius 1 is 1.12 bits per heavy atom.